The largest absolute Gasteiger partial charge is 0.481 e. The van der Waals surface area contributed by atoms with Crippen LogP contribution in [0.25, 0.3) is 0 Å². The molecule has 7 nitrogen and oxygen atoms in total. The quantitative estimate of drug-likeness (QED) is 0.579. The SMILES string of the molecule is COCC(COC1CCCC1C(C)(C)C)NC(=O)[C@@H](N)CC(=O)O. The van der Waals surface area contributed by atoms with Gasteiger partial charge in [0, 0.05) is 7.11 Å². The first-order valence-corrected chi connectivity index (χ1v) is 8.53. The molecule has 4 N–H and O–H groups in total. The third kappa shape index (κ3) is 6.75. The molecule has 1 aliphatic carbocycles. The van der Waals surface area contributed by atoms with Crippen molar-refractivity contribution in [3.8, 4) is 0 Å². The molecule has 1 saturated carbocycles. The lowest BCUT2D eigenvalue weighted by Gasteiger charge is -2.33. The highest BCUT2D eigenvalue weighted by molar-refractivity contribution is 5.86. The molecular formula is C17H32N2O5. The van der Waals surface area contributed by atoms with Gasteiger partial charge in [0.1, 0.15) is 0 Å². The van der Waals surface area contributed by atoms with Crippen LogP contribution in [-0.2, 0) is 19.1 Å². The fraction of sp³-hybridized carbons (Fsp3) is 0.882. The number of aliphatic carboxylic acids is 1. The van der Waals surface area contributed by atoms with Crippen molar-refractivity contribution in [2.45, 2.75) is 64.6 Å². The van der Waals surface area contributed by atoms with Gasteiger partial charge in [-0.1, -0.05) is 27.2 Å². The Labute approximate surface area is 144 Å². The summed E-state index contributed by atoms with van der Waals surface area (Å²) < 4.78 is 11.2. The zero-order chi connectivity index (χ0) is 18.3. The first-order chi connectivity index (χ1) is 11.1. The van der Waals surface area contributed by atoms with Gasteiger partial charge >= 0.3 is 5.97 Å². The number of carboxylic acid groups (broad SMARTS) is 1. The Kier molecular flexibility index (Phi) is 8.12. The Balaban J connectivity index is 2.54. The molecule has 3 unspecified atom stereocenters. The van der Waals surface area contributed by atoms with Crippen LogP contribution in [0.1, 0.15) is 46.5 Å². The van der Waals surface area contributed by atoms with Crippen LogP contribution in [0.5, 0.6) is 0 Å². The van der Waals surface area contributed by atoms with E-state index in [2.05, 4.69) is 26.1 Å². The van der Waals surface area contributed by atoms with Gasteiger partial charge in [-0.15, -0.1) is 0 Å². The monoisotopic (exact) mass is 344 g/mol. The van der Waals surface area contributed by atoms with Gasteiger partial charge in [0.15, 0.2) is 0 Å². The molecule has 0 radical (unpaired) electrons. The predicted octanol–water partition coefficient (Wildman–Crippen LogP) is 1.15. The number of ether oxygens (including phenoxy) is 2. The second-order valence-corrected chi connectivity index (χ2v) is 7.64. The normalized spacial score (nSPS) is 23.7. The van der Waals surface area contributed by atoms with Gasteiger partial charge < -0.3 is 25.6 Å². The second-order valence-electron chi connectivity index (χ2n) is 7.64. The van der Waals surface area contributed by atoms with E-state index in [1.807, 2.05) is 0 Å². The Morgan fingerprint density at radius 1 is 1.29 bits per heavy atom. The number of carbonyl (C=O) groups excluding carboxylic acids is 1. The van der Waals surface area contributed by atoms with Crippen molar-refractivity contribution in [3.63, 3.8) is 0 Å². The zero-order valence-electron chi connectivity index (χ0n) is 15.2. The number of hydrogen-bond donors (Lipinski definition) is 3. The smallest absolute Gasteiger partial charge is 0.305 e. The van der Waals surface area contributed by atoms with E-state index in [9.17, 15) is 9.59 Å². The maximum Gasteiger partial charge on any atom is 0.305 e. The molecule has 140 valence electrons. The number of hydrogen-bond acceptors (Lipinski definition) is 5. The lowest BCUT2D eigenvalue weighted by Crippen LogP contribution is -2.50. The van der Waals surface area contributed by atoms with E-state index < -0.39 is 24.3 Å². The topological polar surface area (TPSA) is 111 Å². The molecule has 0 aliphatic heterocycles. The summed E-state index contributed by atoms with van der Waals surface area (Å²) in [6, 6.07) is -1.42. The summed E-state index contributed by atoms with van der Waals surface area (Å²) in [6.07, 6.45) is 3.10. The Hall–Kier alpha value is -1.18. The van der Waals surface area contributed by atoms with Gasteiger partial charge in [-0.3, -0.25) is 9.59 Å². The maximum absolute atomic E-state index is 12.0. The molecule has 0 aromatic heterocycles. The molecule has 1 fully saturated rings. The number of carbonyl (C=O) groups is 2. The second kappa shape index (κ2) is 9.34. The summed E-state index contributed by atoms with van der Waals surface area (Å²) >= 11 is 0. The fourth-order valence-corrected chi connectivity index (χ4v) is 3.28. The molecule has 0 aromatic carbocycles. The van der Waals surface area contributed by atoms with Crippen molar-refractivity contribution >= 4 is 11.9 Å². The van der Waals surface area contributed by atoms with Gasteiger partial charge in [0.25, 0.3) is 0 Å². The maximum atomic E-state index is 12.0. The van der Waals surface area contributed by atoms with Crippen molar-refractivity contribution in [1.82, 2.24) is 5.32 Å². The minimum atomic E-state index is -1.10. The molecule has 0 bridgehead atoms. The summed E-state index contributed by atoms with van der Waals surface area (Å²) in [6.45, 7) is 7.28. The van der Waals surface area contributed by atoms with Crippen LogP contribution in [0.4, 0.5) is 0 Å². The minimum absolute atomic E-state index is 0.175. The molecule has 1 rings (SSSR count). The van der Waals surface area contributed by atoms with Crippen LogP contribution in [0.15, 0.2) is 0 Å². The number of amides is 1. The lowest BCUT2D eigenvalue weighted by molar-refractivity contribution is -0.139. The molecule has 1 aliphatic rings. The summed E-state index contributed by atoms with van der Waals surface area (Å²) in [4.78, 5) is 22.6. The molecule has 1 amide bonds. The highest BCUT2D eigenvalue weighted by Crippen LogP contribution is 2.40. The third-order valence-corrected chi connectivity index (χ3v) is 4.52. The van der Waals surface area contributed by atoms with E-state index in [-0.39, 0.29) is 17.6 Å². The Bertz CT molecular complexity index is 422. The number of rotatable bonds is 9. The number of nitrogens with one attached hydrogen (secondary N) is 1. The van der Waals surface area contributed by atoms with Crippen LogP contribution >= 0.6 is 0 Å². The summed E-state index contributed by atoms with van der Waals surface area (Å²) in [5.74, 6) is -1.11. The first-order valence-electron chi connectivity index (χ1n) is 8.53. The van der Waals surface area contributed by atoms with E-state index in [1.165, 1.54) is 0 Å². The molecule has 7 heteroatoms. The van der Waals surface area contributed by atoms with Crippen LogP contribution in [-0.4, -0.2) is 55.5 Å². The summed E-state index contributed by atoms with van der Waals surface area (Å²) in [5, 5.41) is 11.4. The Morgan fingerprint density at radius 2 is 1.96 bits per heavy atom. The third-order valence-electron chi connectivity index (χ3n) is 4.52. The van der Waals surface area contributed by atoms with Gasteiger partial charge in [-0.05, 0) is 24.2 Å². The molecule has 0 heterocycles. The van der Waals surface area contributed by atoms with Crippen LogP contribution < -0.4 is 11.1 Å². The number of methoxy groups -OCH3 is 1. The van der Waals surface area contributed by atoms with E-state index in [4.69, 9.17) is 20.3 Å². The summed E-state index contributed by atoms with van der Waals surface area (Å²) in [7, 11) is 1.55. The number of carboxylic acids is 1. The van der Waals surface area contributed by atoms with Gasteiger partial charge in [0.05, 0.1) is 37.8 Å². The van der Waals surface area contributed by atoms with Gasteiger partial charge in [-0.25, -0.2) is 0 Å². The van der Waals surface area contributed by atoms with E-state index in [0.29, 0.717) is 19.1 Å². The average Bonchev–Trinajstić information content (AvgIpc) is 2.92. The van der Waals surface area contributed by atoms with Crippen LogP contribution in [0.2, 0.25) is 0 Å². The van der Waals surface area contributed by atoms with E-state index >= 15 is 0 Å². The van der Waals surface area contributed by atoms with Crippen molar-refractivity contribution < 1.29 is 24.2 Å². The standard InChI is InChI=1S/C17H32N2O5/c1-17(2,3)12-6-5-7-14(12)24-10-11(9-23-4)19-16(22)13(18)8-15(20)21/h11-14H,5-10,18H2,1-4H3,(H,19,22)(H,20,21)/t11?,12?,13-,14?/m0/s1. The molecule has 4 atom stereocenters. The molecular weight excluding hydrogens is 312 g/mol. The van der Waals surface area contributed by atoms with E-state index in [0.717, 1.165) is 19.3 Å². The summed E-state index contributed by atoms with van der Waals surface area (Å²) in [5.41, 5.74) is 5.77. The van der Waals surface area contributed by atoms with Crippen molar-refractivity contribution in [3.05, 3.63) is 0 Å². The van der Waals surface area contributed by atoms with Gasteiger partial charge in [0.2, 0.25) is 5.91 Å². The predicted molar refractivity (Wildman–Crippen MR) is 90.6 cm³/mol. The van der Waals surface area contributed by atoms with Crippen molar-refractivity contribution in [1.29, 1.82) is 0 Å². The Morgan fingerprint density at radius 3 is 2.50 bits per heavy atom. The highest BCUT2D eigenvalue weighted by atomic mass is 16.5. The van der Waals surface area contributed by atoms with E-state index in [1.54, 1.807) is 7.11 Å². The average molecular weight is 344 g/mol. The van der Waals surface area contributed by atoms with Crippen LogP contribution in [0.3, 0.4) is 0 Å². The van der Waals surface area contributed by atoms with Crippen molar-refractivity contribution in [2.75, 3.05) is 20.3 Å². The zero-order valence-corrected chi connectivity index (χ0v) is 15.2. The molecule has 0 aromatic rings. The first kappa shape index (κ1) is 20.9. The number of nitrogens with two attached hydrogens (primary N) is 1. The minimum Gasteiger partial charge on any atom is -0.481 e. The molecule has 24 heavy (non-hydrogen) atoms. The van der Waals surface area contributed by atoms with Gasteiger partial charge in [-0.2, -0.15) is 0 Å². The lowest BCUT2D eigenvalue weighted by atomic mass is 9.78. The molecule has 0 saturated heterocycles. The van der Waals surface area contributed by atoms with Crippen molar-refractivity contribution in [2.24, 2.45) is 17.1 Å². The fourth-order valence-electron chi connectivity index (χ4n) is 3.28. The van der Waals surface area contributed by atoms with Crippen LogP contribution in [0, 0.1) is 11.3 Å². The molecule has 0 spiro atoms. The highest BCUT2D eigenvalue weighted by Gasteiger charge is 2.37.